The maximum absolute atomic E-state index is 11.7. The Hall–Kier alpha value is -1.57. The zero-order chi connectivity index (χ0) is 12.3. The number of hydrogen-bond donors (Lipinski definition) is 0. The molecule has 1 fully saturated rings. The SMILES string of the molecule is CC(C#N)CN1CCN(C(C)C)C(=O)C1=O. The van der Waals surface area contributed by atoms with Gasteiger partial charge in [0.15, 0.2) is 0 Å². The summed E-state index contributed by atoms with van der Waals surface area (Å²) in [5.41, 5.74) is 0. The van der Waals surface area contributed by atoms with Crippen LogP contribution >= 0.6 is 0 Å². The number of carbonyl (C=O) groups is 2. The van der Waals surface area contributed by atoms with Crippen molar-refractivity contribution >= 4 is 11.8 Å². The molecule has 1 atom stereocenters. The van der Waals surface area contributed by atoms with E-state index in [1.54, 1.807) is 11.8 Å². The molecular weight excluding hydrogens is 206 g/mol. The van der Waals surface area contributed by atoms with E-state index in [-0.39, 0.29) is 12.0 Å². The first-order valence-electron chi connectivity index (χ1n) is 5.46. The topological polar surface area (TPSA) is 64.4 Å². The molecule has 0 aromatic rings. The van der Waals surface area contributed by atoms with Crippen molar-refractivity contribution in [1.82, 2.24) is 9.80 Å². The number of piperazine rings is 1. The van der Waals surface area contributed by atoms with Crippen molar-refractivity contribution in [2.45, 2.75) is 26.8 Å². The third kappa shape index (κ3) is 2.51. The van der Waals surface area contributed by atoms with Crippen LogP contribution in [0.25, 0.3) is 0 Å². The van der Waals surface area contributed by atoms with E-state index in [1.165, 1.54) is 4.90 Å². The third-order valence-electron chi connectivity index (χ3n) is 2.68. The van der Waals surface area contributed by atoms with E-state index in [2.05, 4.69) is 6.07 Å². The first-order valence-corrected chi connectivity index (χ1v) is 5.46. The molecule has 1 unspecified atom stereocenters. The summed E-state index contributed by atoms with van der Waals surface area (Å²) in [7, 11) is 0. The van der Waals surface area contributed by atoms with Crippen molar-refractivity contribution < 1.29 is 9.59 Å². The standard InChI is InChI=1S/C11H17N3O2/c1-8(2)14-5-4-13(7-9(3)6-12)10(15)11(14)16/h8-9H,4-5,7H2,1-3H3. The van der Waals surface area contributed by atoms with E-state index < -0.39 is 11.8 Å². The molecular formula is C11H17N3O2. The van der Waals surface area contributed by atoms with E-state index in [0.717, 1.165) is 0 Å². The molecule has 1 rings (SSSR count). The summed E-state index contributed by atoms with van der Waals surface area (Å²) >= 11 is 0. The van der Waals surface area contributed by atoms with Crippen LogP contribution in [0.1, 0.15) is 20.8 Å². The van der Waals surface area contributed by atoms with Gasteiger partial charge in [0.1, 0.15) is 0 Å². The largest absolute Gasteiger partial charge is 0.331 e. The monoisotopic (exact) mass is 223 g/mol. The van der Waals surface area contributed by atoms with Crippen LogP contribution in [0.2, 0.25) is 0 Å². The highest BCUT2D eigenvalue weighted by molar-refractivity contribution is 6.35. The van der Waals surface area contributed by atoms with Crippen LogP contribution in [0.3, 0.4) is 0 Å². The molecule has 2 amide bonds. The van der Waals surface area contributed by atoms with Gasteiger partial charge in [-0.1, -0.05) is 0 Å². The number of carbonyl (C=O) groups excluding carboxylic acids is 2. The molecule has 0 spiro atoms. The quantitative estimate of drug-likeness (QED) is 0.643. The average molecular weight is 223 g/mol. The highest BCUT2D eigenvalue weighted by atomic mass is 16.2. The third-order valence-corrected chi connectivity index (χ3v) is 2.68. The van der Waals surface area contributed by atoms with E-state index in [9.17, 15) is 9.59 Å². The van der Waals surface area contributed by atoms with Gasteiger partial charge in [0.2, 0.25) is 0 Å². The molecule has 0 aromatic carbocycles. The Kier molecular flexibility index (Phi) is 3.88. The molecule has 1 aliphatic heterocycles. The second kappa shape index (κ2) is 4.97. The van der Waals surface area contributed by atoms with Gasteiger partial charge in [0, 0.05) is 25.7 Å². The van der Waals surface area contributed by atoms with Crippen LogP contribution in [0, 0.1) is 17.2 Å². The van der Waals surface area contributed by atoms with Gasteiger partial charge in [0.05, 0.1) is 12.0 Å². The van der Waals surface area contributed by atoms with Crippen LogP contribution in [-0.4, -0.2) is 47.3 Å². The lowest BCUT2D eigenvalue weighted by atomic mass is 10.1. The summed E-state index contributed by atoms with van der Waals surface area (Å²) in [5, 5.41) is 8.67. The molecule has 0 bridgehead atoms. The van der Waals surface area contributed by atoms with Crippen LogP contribution in [0.4, 0.5) is 0 Å². The van der Waals surface area contributed by atoms with Crippen molar-refractivity contribution in [2.24, 2.45) is 5.92 Å². The van der Waals surface area contributed by atoms with Gasteiger partial charge in [-0.05, 0) is 20.8 Å². The van der Waals surface area contributed by atoms with E-state index in [4.69, 9.17) is 5.26 Å². The summed E-state index contributed by atoms with van der Waals surface area (Å²) in [5.74, 6) is -1.17. The Morgan fingerprint density at radius 1 is 1.25 bits per heavy atom. The maximum atomic E-state index is 11.7. The fourth-order valence-corrected chi connectivity index (χ4v) is 1.73. The maximum Gasteiger partial charge on any atom is 0.312 e. The molecule has 1 heterocycles. The Morgan fingerprint density at radius 3 is 2.38 bits per heavy atom. The molecule has 0 radical (unpaired) electrons. The number of nitrogens with zero attached hydrogens (tertiary/aromatic N) is 3. The molecule has 16 heavy (non-hydrogen) atoms. The van der Waals surface area contributed by atoms with Gasteiger partial charge in [-0.15, -0.1) is 0 Å². The Morgan fingerprint density at radius 2 is 1.88 bits per heavy atom. The lowest BCUT2D eigenvalue weighted by Crippen LogP contribution is -2.56. The van der Waals surface area contributed by atoms with Crippen LogP contribution in [0.5, 0.6) is 0 Å². The Bertz CT molecular complexity index is 333. The fraction of sp³-hybridized carbons (Fsp3) is 0.727. The zero-order valence-corrected chi connectivity index (χ0v) is 9.93. The summed E-state index contributed by atoms with van der Waals surface area (Å²) in [6.07, 6.45) is 0. The van der Waals surface area contributed by atoms with Crippen molar-refractivity contribution in [3.05, 3.63) is 0 Å². The first kappa shape index (κ1) is 12.5. The number of amides is 2. The normalized spacial score (nSPS) is 18.9. The summed E-state index contributed by atoms with van der Waals surface area (Å²) in [4.78, 5) is 26.4. The van der Waals surface area contributed by atoms with E-state index in [1.807, 2.05) is 13.8 Å². The molecule has 0 aromatic heterocycles. The van der Waals surface area contributed by atoms with Gasteiger partial charge in [-0.3, -0.25) is 9.59 Å². The molecule has 1 aliphatic rings. The van der Waals surface area contributed by atoms with Crippen LogP contribution in [0.15, 0.2) is 0 Å². The molecule has 1 saturated heterocycles. The average Bonchev–Trinajstić information content (AvgIpc) is 2.24. The van der Waals surface area contributed by atoms with Gasteiger partial charge >= 0.3 is 11.8 Å². The van der Waals surface area contributed by atoms with Gasteiger partial charge in [-0.2, -0.15) is 5.26 Å². The smallest absolute Gasteiger partial charge is 0.312 e. The number of nitriles is 1. The second-order valence-corrected chi connectivity index (χ2v) is 4.37. The molecule has 5 heteroatoms. The van der Waals surface area contributed by atoms with E-state index in [0.29, 0.717) is 19.6 Å². The molecule has 0 aliphatic carbocycles. The highest BCUT2D eigenvalue weighted by Crippen LogP contribution is 2.10. The second-order valence-electron chi connectivity index (χ2n) is 4.37. The van der Waals surface area contributed by atoms with Crippen molar-refractivity contribution in [1.29, 1.82) is 5.26 Å². The van der Waals surface area contributed by atoms with Gasteiger partial charge in [-0.25, -0.2) is 0 Å². The predicted molar refractivity (Wildman–Crippen MR) is 58.2 cm³/mol. The first-order chi connectivity index (χ1) is 7.47. The van der Waals surface area contributed by atoms with Crippen molar-refractivity contribution in [3.63, 3.8) is 0 Å². The van der Waals surface area contributed by atoms with Gasteiger partial charge < -0.3 is 9.80 Å². The minimum atomic E-state index is -0.484. The molecule has 5 nitrogen and oxygen atoms in total. The Labute approximate surface area is 95.6 Å². The zero-order valence-electron chi connectivity index (χ0n) is 9.93. The molecule has 0 N–H and O–H groups in total. The predicted octanol–water partition coefficient (Wildman–Crippen LogP) is 0.225. The summed E-state index contributed by atoms with van der Waals surface area (Å²) in [6, 6.07) is 2.11. The van der Waals surface area contributed by atoms with Crippen molar-refractivity contribution in [2.75, 3.05) is 19.6 Å². The lowest BCUT2D eigenvalue weighted by Gasteiger charge is -2.36. The Balaban J connectivity index is 2.66. The fourth-order valence-electron chi connectivity index (χ4n) is 1.73. The van der Waals surface area contributed by atoms with Crippen LogP contribution in [-0.2, 0) is 9.59 Å². The highest BCUT2D eigenvalue weighted by Gasteiger charge is 2.33. The van der Waals surface area contributed by atoms with Crippen molar-refractivity contribution in [3.8, 4) is 6.07 Å². The number of rotatable bonds is 3. The molecule has 0 saturated carbocycles. The number of hydrogen-bond acceptors (Lipinski definition) is 3. The summed E-state index contributed by atoms with van der Waals surface area (Å²) < 4.78 is 0. The van der Waals surface area contributed by atoms with Gasteiger partial charge in [0.25, 0.3) is 0 Å². The van der Waals surface area contributed by atoms with E-state index >= 15 is 0 Å². The van der Waals surface area contributed by atoms with Crippen LogP contribution < -0.4 is 0 Å². The summed E-state index contributed by atoms with van der Waals surface area (Å²) in [6.45, 7) is 6.94. The minimum Gasteiger partial charge on any atom is -0.331 e. The minimum absolute atomic E-state index is 0.0481. The molecule has 88 valence electrons. The lowest BCUT2D eigenvalue weighted by molar-refractivity contribution is -0.157.